The molecule has 1 saturated heterocycles. The Hall–Kier alpha value is -1.42. The molecule has 19 heavy (non-hydrogen) atoms. The van der Waals surface area contributed by atoms with E-state index in [1.54, 1.807) is 14.2 Å². The largest absolute Gasteiger partial charge is 0.493 e. The van der Waals surface area contributed by atoms with Gasteiger partial charge in [-0.05, 0) is 50.4 Å². The number of nitrogens with one attached hydrogen (secondary N) is 2. The summed E-state index contributed by atoms with van der Waals surface area (Å²) in [5, 5.41) is 6.97. The van der Waals surface area contributed by atoms with Crippen molar-refractivity contribution < 1.29 is 9.47 Å². The van der Waals surface area contributed by atoms with Crippen LogP contribution in [-0.2, 0) is 0 Å². The van der Waals surface area contributed by atoms with E-state index in [1.165, 1.54) is 18.4 Å². The minimum absolute atomic E-state index is 0.709. The molecule has 1 aliphatic rings. The second-order valence-electron chi connectivity index (χ2n) is 5.12. The van der Waals surface area contributed by atoms with Crippen LogP contribution < -0.4 is 20.1 Å². The van der Waals surface area contributed by atoms with Crippen LogP contribution in [0.4, 0.5) is 5.69 Å². The van der Waals surface area contributed by atoms with E-state index in [-0.39, 0.29) is 0 Å². The van der Waals surface area contributed by atoms with Gasteiger partial charge in [-0.1, -0.05) is 0 Å². The molecule has 1 aromatic carbocycles. The summed E-state index contributed by atoms with van der Waals surface area (Å²) >= 11 is 0. The summed E-state index contributed by atoms with van der Waals surface area (Å²) in [5.41, 5.74) is 2.31. The standard InChI is InChI=1S/C15H24N2O2/c1-11-7-14(18-2)15(19-3)8-13(11)17-10-12-5-4-6-16-9-12/h7-8,12,16-17H,4-6,9-10H2,1-3H3. The maximum atomic E-state index is 5.35. The molecule has 1 heterocycles. The van der Waals surface area contributed by atoms with Crippen LogP contribution in [0, 0.1) is 12.8 Å². The van der Waals surface area contributed by atoms with E-state index >= 15 is 0 Å². The number of methoxy groups -OCH3 is 2. The predicted octanol–water partition coefficient (Wildman–Crippen LogP) is 2.42. The van der Waals surface area contributed by atoms with Crippen molar-refractivity contribution in [2.24, 2.45) is 5.92 Å². The number of benzene rings is 1. The smallest absolute Gasteiger partial charge is 0.162 e. The van der Waals surface area contributed by atoms with Gasteiger partial charge in [-0.3, -0.25) is 0 Å². The van der Waals surface area contributed by atoms with Crippen LogP contribution in [0.15, 0.2) is 12.1 Å². The lowest BCUT2D eigenvalue weighted by Crippen LogP contribution is -2.33. The molecular weight excluding hydrogens is 240 g/mol. The lowest BCUT2D eigenvalue weighted by Gasteiger charge is -2.24. The van der Waals surface area contributed by atoms with Crippen molar-refractivity contribution in [3.05, 3.63) is 17.7 Å². The van der Waals surface area contributed by atoms with E-state index < -0.39 is 0 Å². The topological polar surface area (TPSA) is 42.5 Å². The van der Waals surface area contributed by atoms with Crippen LogP contribution in [0.5, 0.6) is 11.5 Å². The zero-order chi connectivity index (χ0) is 13.7. The van der Waals surface area contributed by atoms with Crippen LogP contribution >= 0.6 is 0 Å². The summed E-state index contributed by atoms with van der Waals surface area (Å²) in [6, 6.07) is 4.03. The third-order valence-corrected chi connectivity index (χ3v) is 3.71. The van der Waals surface area contributed by atoms with Gasteiger partial charge >= 0.3 is 0 Å². The summed E-state index contributed by atoms with van der Waals surface area (Å²) in [6.45, 7) is 5.36. The van der Waals surface area contributed by atoms with Crippen LogP contribution in [-0.4, -0.2) is 33.9 Å². The lowest BCUT2D eigenvalue weighted by molar-refractivity contribution is 0.354. The Morgan fingerprint density at radius 1 is 1.26 bits per heavy atom. The van der Waals surface area contributed by atoms with Crippen molar-refractivity contribution in [2.45, 2.75) is 19.8 Å². The first kappa shape index (κ1) is 14.0. The Bertz CT molecular complexity index is 415. The molecule has 1 fully saturated rings. The lowest BCUT2D eigenvalue weighted by atomic mass is 9.99. The Balaban J connectivity index is 2.02. The van der Waals surface area contributed by atoms with Crippen molar-refractivity contribution in [1.82, 2.24) is 5.32 Å². The van der Waals surface area contributed by atoms with E-state index in [1.807, 2.05) is 12.1 Å². The fourth-order valence-electron chi connectivity index (χ4n) is 2.52. The highest BCUT2D eigenvalue weighted by atomic mass is 16.5. The Labute approximate surface area is 115 Å². The molecule has 1 aliphatic heterocycles. The molecule has 106 valence electrons. The Morgan fingerprint density at radius 2 is 2.00 bits per heavy atom. The van der Waals surface area contributed by atoms with Gasteiger partial charge in [0.05, 0.1) is 14.2 Å². The van der Waals surface area contributed by atoms with Gasteiger partial charge in [-0.25, -0.2) is 0 Å². The van der Waals surface area contributed by atoms with E-state index in [0.29, 0.717) is 5.92 Å². The van der Waals surface area contributed by atoms with Crippen molar-refractivity contribution in [3.8, 4) is 11.5 Å². The van der Waals surface area contributed by atoms with Gasteiger partial charge < -0.3 is 20.1 Å². The Kier molecular flexibility index (Phi) is 4.91. The van der Waals surface area contributed by atoms with Gasteiger partial charge in [0.15, 0.2) is 11.5 Å². The maximum absolute atomic E-state index is 5.35. The highest BCUT2D eigenvalue weighted by Crippen LogP contribution is 2.33. The molecule has 4 heteroatoms. The van der Waals surface area contributed by atoms with E-state index in [0.717, 1.165) is 36.8 Å². The quantitative estimate of drug-likeness (QED) is 0.857. The average Bonchev–Trinajstić information content (AvgIpc) is 2.46. The minimum atomic E-state index is 0.709. The fraction of sp³-hybridized carbons (Fsp3) is 0.600. The zero-order valence-electron chi connectivity index (χ0n) is 12.1. The van der Waals surface area contributed by atoms with Crippen molar-refractivity contribution >= 4 is 5.69 Å². The van der Waals surface area contributed by atoms with Crippen molar-refractivity contribution in [2.75, 3.05) is 39.2 Å². The van der Waals surface area contributed by atoms with Crippen LogP contribution in [0.25, 0.3) is 0 Å². The molecule has 0 bridgehead atoms. The van der Waals surface area contributed by atoms with E-state index in [2.05, 4.69) is 17.6 Å². The van der Waals surface area contributed by atoms with Gasteiger partial charge in [0, 0.05) is 18.3 Å². The molecule has 1 unspecified atom stereocenters. The molecule has 1 atom stereocenters. The molecule has 0 aliphatic carbocycles. The summed E-state index contributed by atoms with van der Waals surface area (Å²) < 4.78 is 10.7. The van der Waals surface area contributed by atoms with Gasteiger partial charge in [-0.15, -0.1) is 0 Å². The van der Waals surface area contributed by atoms with Crippen LogP contribution in [0.1, 0.15) is 18.4 Å². The molecule has 1 aromatic rings. The molecule has 0 radical (unpaired) electrons. The molecule has 0 spiro atoms. The van der Waals surface area contributed by atoms with Crippen LogP contribution in [0.2, 0.25) is 0 Å². The normalized spacial score (nSPS) is 19.0. The van der Waals surface area contributed by atoms with Gasteiger partial charge in [0.25, 0.3) is 0 Å². The molecular formula is C15H24N2O2. The average molecular weight is 264 g/mol. The van der Waals surface area contributed by atoms with Crippen LogP contribution in [0.3, 0.4) is 0 Å². The SMILES string of the molecule is COc1cc(C)c(NCC2CCCNC2)cc1OC. The number of rotatable bonds is 5. The monoisotopic (exact) mass is 264 g/mol. The van der Waals surface area contributed by atoms with E-state index in [4.69, 9.17) is 9.47 Å². The molecule has 2 rings (SSSR count). The number of aryl methyl sites for hydroxylation is 1. The molecule has 0 saturated carbocycles. The number of piperidine rings is 1. The maximum Gasteiger partial charge on any atom is 0.162 e. The van der Waals surface area contributed by atoms with Gasteiger partial charge in [0.1, 0.15) is 0 Å². The first-order chi connectivity index (χ1) is 9.24. The fourth-order valence-corrected chi connectivity index (χ4v) is 2.52. The highest BCUT2D eigenvalue weighted by Gasteiger charge is 2.14. The zero-order valence-corrected chi connectivity index (χ0v) is 12.1. The van der Waals surface area contributed by atoms with E-state index in [9.17, 15) is 0 Å². The first-order valence-electron chi connectivity index (χ1n) is 6.91. The predicted molar refractivity (Wildman–Crippen MR) is 78.4 cm³/mol. The number of ether oxygens (including phenoxy) is 2. The number of hydrogen-bond donors (Lipinski definition) is 2. The second-order valence-corrected chi connectivity index (χ2v) is 5.12. The Morgan fingerprint density at radius 3 is 2.63 bits per heavy atom. The van der Waals surface area contributed by atoms with Crippen molar-refractivity contribution in [3.63, 3.8) is 0 Å². The third-order valence-electron chi connectivity index (χ3n) is 3.71. The van der Waals surface area contributed by atoms with Crippen molar-refractivity contribution in [1.29, 1.82) is 0 Å². The minimum Gasteiger partial charge on any atom is -0.493 e. The second kappa shape index (κ2) is 6.66. The first-order valence-corrected chi connectivity index (χ1v) is 6.91. The number of anilines is 1. The molecule has 2 N–H and O–H groups in total. The van der Waals surface area contributed by atoms with Gasteiger partial charge in [-0.2, -0.15) is 0 Å². The summed E-state index contributed by atoms with van der Waals surface area (Å²) in [4.78, 5) is 0. The van der Waals surface area contributed by atoms with Gasteiger partial charge in [0.2, 0.25) is 0 Å². The number of hydrogen-bond acceptors (Lipinski definition) is 4. The molecule has 4 nitrogen and oxygen atoms in total. The molecule has 0 aromatic heterocycles. The summed E-state index contributed by atoms with van der Waals surface area (Å²) in [6.07, 6.45) is 2.57. The highest BCUT2D eigenvalue weighted by molar-refractivity contribution is 5.60. The molecule has 0 amide bonds. The summed E-state index contributed by atoms with van der Waals surface area (Å²) in [7, 11) is 3.33. The third kappa shape index (κ3) is 3.53. The summed E-state index contributed by atoms with van der Waals surface area (Å²) in [5.74, 6) is 2.27.